The van der Waals surface area contributed by atoms with Crippen LogP contribution in [0.2, 0.25) is 0 Å². The number of hydrogen-bond donors (Lipinski definition) is 0. The molecule has 0 aliphatic heterocycles. The lowest BCUT2D eigenvalue weighted by Gasteiger charge is -2.17. The molecule has 8 heteroatoms. The van der Waals surface area contributed by atoms with Crippen LogP contribution in [0, 0.1) is 5.82 Å². The van der Waals surface area contributed by atoms with E-state index in [0.717, 1.165) is 23.4 Å². The van der Waals surface area contributed by atoms with Gasteiger partial charge in [0.15, 0.2) is 0 Å². The van der Waals surface area contributed by atoms with E-state index in [9.17, 15) is 12.8 Å². The summed E-state index contributed by atoms with van der Waals surface area (Å²) in [6.45, 7) is 3.90. The molecule has 0 fully saturated rings. The second-order valence-corrected chi connectivity index (χ2v) is 9.16. The minimum atomic E-state index is -3.51. The normalized spacial score (nSPS) is 12.4. The third kappa shape index (κ3) is 4.09. The average molecular weight is 405 g/mol. The zero-order valence-corrected chi connectivity index (χ0v) is 17.4. The van der Waals surface area contributed by atoms with Gasteiger partial charge in [-0.25, -0.2) is 22.1 Å². The van der Waals surface area contributed by atoms with Gasteiger partial charge in [-0.1, -0.05) is 12.1 Å². The fourth-order valence-electron chi connectivity index (χ4n) is 3.25. The largest absolute Gasteiger partial charge is 0.327 e. The molecule has 0 aliphatic carbocycles. The second-order valence-electron chi connectivity index (χ2n) is 7.01. The van der Waals surface area contributed by atoms with Gasteiger partial charge >= 0.3 is 0 Å². The van der Waals surface area contributed by atoms with Crippen molar-refractivity contribution in [2.24, 2.45) is 0 Å². The van der Waals surface area contributed by atoms with Gasteiger partial charge in [-0.2, -0.15) is 0 Å². The molecule has 0 saturated carbocycles. The minimum Gasteiger partial charge on any atom is -0.327 e. The highest BCUT2D eigenvalue weighted by Crippen LogP contribution is 2.23. The van der Waals surface area contributed by atoms with Crippen molar-refractivity contribution in [1.82, 2.24) is 18.8 Å². The highest BCUT2D eigenvalue weighted by Gasteiger charge is 2.20. The molecule has 0 bridgehead atoms. The number of hydrogen-bond acceptors (Lipinski definition) is 4. The van der Waals surface area contributed by atoms with Crippen molar-refractivity contribution in [2.75, 3.05) is 21.1 Å². The number of benzene rings is 2. The van der Waals surface area contributed by atoms with E-state index in [2.05, 4.69) is 14.5 Å². The van der Waals surface area contributed by atoms with Crippen LogP contribution >= 0.6 is 0 Å². The molecule has 0 spiro atoms. The SMILES string of the molecule is CCn1c(CN(C)Cc2cccc(F)c2)nc2cc(S(=O)(=O)N(C)C)ccc21. The Labute approximate surface area is 165 Å². The zero-order chi connectivity index (χ0) is 20.5. The topological polar surface area (TPSA) is 58.4 Å². The van der Waals surface area contributed by atoms with E-state index in [1.807, 2.05) is 20.0 Å². The fourth-order valence-corrected chi connectivity index (χ4v) is 4.17. The number of nitrogens with zero attached hydrogens (tertiary/aromatic N) is 4. The van der Waals surface area contributed by atoms with Crippen LogP contribution < -0.4 is 0 Å². The van der Waals surface area contributed by atoms with Gasteiger partial charge in [0.25, 0.3) is 0 Å². The van der Waals surface area contributed by atoms with Crippen molar-refractivity contribution in [3.63, 3.8) is 0 Å². The Morgan fingerprint density at radius 3 is 2.46 bits per heavy atom. The summed E-state index contributed by atoms with van der Waals surface area (Å²) in [6, 6.07) is 11.6. The van der Waals surface area contributed by atoms with Crippen LogP contribution in [0.15, 0.2) is 47.4 Å². The lowest BCUT2D eigenvalue weighted by molar-refractivity contribution is 0.306. The summed E-state index contributed by atoms with van der Waals surface area (Å²) in [6.07, 6.45) is 0. The molecule has 0 saturated heterocycles. The van der Waals surface area contributed by atoms with Crippen molar-refractivity contribution >= 4 is 21.1 Å². The first-order valence-corrected chi connectivity index (χ1v) is 10.5. The minimum absolute atomic E-state index is 0.227. The van der Waals surface area contributed by atoms with Gasteiger partial charge in [-0.15, -0.1) is 0 Å². The molecule has 0 unspecified atom stereocenters. The Kier molecular flexibility index (Phi) is 5.83. The van der Waals surface area contributed by atoms with Crippen molar-refractivity contribution in [3.05, 3.63) is 59.7 Å². The van der Waals surface area contributed by atoms with Crippen LogP contribution in [-0.2, 0) is 29.7 Å². The summed E-state index contributed by atoms with van der Waals surface area (Å²) in [5.41, 5.74) is 2.44. The van der Waals surface area contributed by atoms with Crippen molar-refractivity contribution in [1.29, 1.82) is 0 Å². The molecular formula is C20H25FN4O2S. The number of rotatable bonds is 7. The standard InChI is InChI=1S/C20H25FN4O2S/c1-5-25-19-10-9-17(28(26,27)23(2)3)12-18(19)22-20(25)14-24(4)13-15-7-6-8-16(21)11-15/h6-12H,5,13-14H2,1-4H3. The molecule has 0 amide bonds. The highest BCUT2D eigenvalue weighted by atomic mass is 32.2. The summed E-state index contributed by atoms with van der Waals surface area (Å²) in [4.78, 5) is 6.96. The van der Waals surface area contributed by atoms with Crippen LogP contribution in [0.1, 0.15) is 18.3 Å². The van der Waals surface area contributed by atoms with Crippen LogP contribution in [0.5, 0.6) is 0 Å². The van der Waals surface area contributed by atoms with Crippen LogP contribution in [0.4, 0.5) is 4.39 Å². The summed E-state index contributed by atoms with van der Waals surface area (Å²) >= 11 is 0. The quantitative estimate of drug-likeness (QED) is 0.607. The molecule has 0 radical (unpaired) electrons. The van der Waals surface area contributed by atoms with E-state index in [1.54, 1.807) is 24.3 Å². The van der Waals surface area contributed by atoms with E-state index in [0.29, 0.717) is 18.6 Å². The van der Waals surface area contributed by atoms with E-state index >= 15 is 0 Å². The average Bonchev–Trinajstić information content (AvgIpc) is 2.97. The second kappa shape index (κ2) is 7.98. The summed E-state index contributed by atoms with van der Waals surface area (Å²) in [5, 5.41) is 0. The summed E-state index contributed by atoms with van der Waals surface area (Å²) < 4.78 is 41.5. The number of aromatic nitrogens is 2. The summed E-state index contributed by atoms with van der Waals surface area (Å²) in [5.74, 6) is 0.595. The number of sulfonamides is 1. The Bertz CT molecular complexity index is 1090. The molecule has 1 heterocycles. The number of halogens is 1. The van der Waals surface area contributed by atoms with Gasteiger partial charge in [0.05, 0.1) is 22.5 Å². The van der Waals surface area contributed by atoms with E-state index in [-0.39, 0.29) is 10.7 Å². The van der Waals surface area contributed by atoms with Gasteiger partial charge in [0.2, 0.25) is 10.0 Å². The van der Waals surface area contributed by atoms with Gasteiger partial charge in [0.1, 0.15) is 11.6 Å². The monoisotopic (exact) mass is 404 g/mol. The molecule has 0 atom stereocenters. The molecule has 28 heavy (non-hydrogen) atoms. The number of imidazole rings is 1. The van der Waals surface area contributed by atoms with E-state index in [4.69, 9.17) is 0 Å². The van der Waals surface area contributed by atoms with Crippen LogP contribution in [-0.4, -0.2) is 48.3 Å². The third-order valence-corrected chi connectivity index (χ3v) is 6.46. The van der Waals surface area contributed by atoms with Crippen molar-refractivity contribution in [2.45, 2.75) is 31.5 Å². The molecule has 2 aromatic carbocycles. The molecule has 6 nitrogen and oxygen atoms in total. The van der Waals surface area contributed by atoms with Gasteiger partial charge < -0.3 is 4.57 Å². The molecule has 3 aromatic rings. The Morgan fingerprint density at radius 2 is 1.82 bits per heavy atom. The first kappa shape index (κ1) is 20.4. The van der Waals surface area contributed by atoms with Gasteiger partial charge in [-0.3, -0.25) is 4.90 Å². The zero-order valence-electron chi connectivity index (χ0n) is 16.6. The maximum atomic E-state index is 13.4. The maximum absolute atomic E-state index is 13.4. The highest BCUT2D eigenvalue weighted by molar-refractivity contribution is 7.89. The Balaban J connectivity index is 1.90. The van der Waals surface area contributed by atoms with Crippen molar-refractivity contribution in [3.8, 4) is 0 Å². The Hall–Kier alpha value is -2.29. The van der Waals surface area contributed by atoms with E-state index in [1.165, 1.54) is 30.5 Å². The van der Waals surface area contributed by atoms with Gasteiger partial charge in [0, 0.05) is 27.2 Å². The van der Waals surface area contributed by atoms with Crippen LogP contribution in [0.3, 0.4) is 0 Å². The third-order valence-electron chi connectivity index (χ3n) is 4.65. The number of fused-ring (bicyclic) bond motifs is 1. The lowest BCUT2D eigenvalue weighted by atomic mass is 10.2. The van der Waals surface area contributed by atoms with E-state index < -0.39 is 10.0 Å². The van der Waals surface area contributed by atoms with Crippen LogP contribution in [0.25, 0.3) is 11.0 Å². The molecule has 0 aliphatic rings. The lowest BCUT2D eigenvalue weighted by Crippen LogP contribution is -2.22. The molecule has 1 aromatic heterocycles. The smallest absolute Gasteiger partial charge is 0.242 e. The molecular weight excluding hydrogens is 379 g/mol. The fraction of sp³-hybridized carbons (Fsp3) is 0.350. The molecule has 0 N–H and O–H groups in total. The van der Waals surface area contributed by atoms with Crippen molar-refractivity contribution < 1.29 is 12.8 Å². The first-order valence-electron chi connectivity index (χ1n) is 9.07. The Morgan fingerprint density at radius 1 is 1.07 bits per heavy atom. The molecule has 3 rings (SSSR count). The first-order chi connectivity index (χ1) is 13.2. The number of aryl methyl sites for hydroxylation is 1. The predicted octanol–water partition coefficient (Wildman–Crippen LogP) is 3.08. The molecule has 150 valence electrons. The maximum Gasteiger partial charge on any atom is 0.242 e. The van der Waals surface area contributed by atoms with Gasteiger partial charge in [-0.05, 0) is 49.9 Å². The summed E-state index contributed by atoms with van der Waals surface area (Å²) in [7, 11) is 1.46. The predicted molar refractivity (Wildman–Crippen MR) is 108 cm³/mol.